The molecule has 2 aromatic rings. The third-order valence-corrected chi connectivity index (χ3v) is 6.09. The van der Waals surface area contributed by atoms with Crippen LogP contribution in [0.3, 0.4) is 0 Å². The van der Waals surface area contributed by atoms with E-state index in [1.165, 1.54) is 12.1 Å². The summed E-state index contributed by atoms with van der Waals surface area (Å²) in [5, 5.41) is 0.157. The molecule has 1 fully saturated rings. The summed E-state index contributed by atoms with van der Waals surface area (Å²) in [6.07, 6.45) is -4.43. The molecule has 0 aliphatic heterocycles. The number of halogens is 7. The van der Waals surface area contributed by atoms with Gasteiger partial charge >= 0.3 is 12.4 Å². The van der Waals surface area contributed by atoms with Crippen molar-refractivity contribution in [3.8, 4) is 16.9 Å². The van der Waals surface area contributed by atoms with Crippen molar-refractivity contribution in [1.82, 2.24) is 0 Å². The molecule has 0 aromatic heterocycles. The summed E-state index contributed by atoms with van der Waals surface area (Å²) in [7, 11) is 0. The SMILES string of the molecule is CCC1(c2cc(Cl)c(-c3ccc(C(F)(F)F)cc3)c(OCC(F)(F)F)c2)CCCC1. The summed E-state index contributed by atoms with van der Waals surface area (Å²) in [4.78, 5) is 0. The van der Waals surface area contributed by atoms with E-state index in [-0.39, 0.29) is 27.3 Å². The Morgan fingerprint density at radius 3 is 2.07 bits per heavy atom. The molecule has 0 bridgehead atoms. The van der Waals surface area contributed by atoms with Crippen LogP contribution in [0, 0.1) is 0 Å². The van der Waals surface area contributed by atoms with Gasteiger partial charge in [0.05, 0.1) is 10.6 Å². The first-order valence-electron chi connectivity index (χ1n) is 9.66. The highest BCUT2D eigenvalue weighted by Gasteiger charge is 2.36. The molecular formula is C22H21ClF6O. The van der Waals surface area contributed by atoms with E-state index in [9.17, 15) is 26.3 Å². The van der Waals surface area contributed by atoms with Crippen LogP contribution in [-0.2, 0) is 11.6 Å². The zero-order chi connectivity index (χ0) is 22.2. The molecule has 0 heterocycles. The smallest absolute Gasteiger partial charge is 0.422 e. The van der Waals surface area contributed by atoms with E-state index < -0.39 is 24.5 Å². The number of hydrogen-bond donors (Lipinski definition) is 0. The second-order valence-electron chi connectivity index (χ2n) is 7.65. The minimum atomic E-state index is -4.56. The number of benzene rings is 2. The van der Waals surface area contributed by atoms with Crippen LogP contribution in [0.4, 0.5) is 26.3 Å². The Balaban J connectivity index is 2.09. The third kappa shape index (κ3) is 4.88. The Morgan fingerprint density at radius 1 is 0.967 bits per heavy atom. The van der Waals surface area contributed by atoms with Gasteiger partial charge in [0.15, 0.2) is 6.61 Å². The Bertz CT molecular complexity index is 880. The van der Waals surface area contributed by atoms with Crippen molar-refractivity contribution in [3.63, 3.8) is 0 Å². The summed E-state index contributed by atoms with van der Waals surface area (Å²) in [6, 6.07) is 7.41. The van der Waals surface area contributed by atoms with Gasteiger partial charge in [-0.15, -0.1) is 0 Å². The first-order chi connectivity index (χ1) is 14.0. The van der Waals surface area contributed by atoms with Gasteiger partial charge in [0.1, 0.15) is 5.75 Å². The maximum atomic E-state index is 12.9. The fourth-order valence-electron chi connectivity index (χ4n) is 4.17. The molecule has 1 nitrogen and oxygen atoms in total. The van der Waals surface area contributed by atoms with Crippen molar-refractivity contribution in [1.29, 1.82) is 0 Å². The van der Waals surface area contributed by atoms with Crippen molar-refractivity contribution in [2.75, 3.05) is 6.61 Å². The van der Waals surface area contributed by atoms with Crippen LogP contribution in [0.25, 0.3) is 11.1 Å². The van der Waals surface area contributed by atoms with Gasteiger partial charge in [-0.25, -0.2) is 0 Å². The molecule has 0 saturated heterocycles. The largest absolute Gasteiger partial charge is 0.483 e. The monoisotopic (exact) mass is 450 g/mol. The van der Waals surface area contributed by atoms with E-state index in [4.69, 9.17) is 16.3 Å². The number of alkyl halides is 6. The van der Waals surface area contributed by atoms with Gasteiger partial charge in [-0.3, -0.25) is 0 Å². The molecule has 30 heavy (non-hydrogen) atoms. The van der Waals surface area contributed by atoms with E-state index in [1.54, 1.807) is 12.1 Å². The lowest BCUT2D eigenvalue weighted by Crippen LogP contribution is -2.22. The second kappa shape index (κ2) is 8.33. The number of ether oxygens (including phenoxy) is 1. The topological polar surface area (TPSA) is 9.23 Å². The first-order valence-corrected chi connectivity index (χ1v) is 10.0. The molecule has 1 saturated carbocycles. The normalized spacial score (nSPS) is 16.7. The molecule has 8 heteroatoms. The van der Waals surface area contributed by atoms with Crippen LogP contribution < -0.4 is 4.74 Å². The van der Waals surface area contributed by atoms with Crippen LogP contribution in [0.15, 0.2) is 36.4 Å². The molecule has 3 rings (SSSR count). The molecular weight excluding hydrogens is 430 g/mol. The highest BCUT2D eigenvalue weighted by molar-refractivity contribution is 6.33. The zero-order valence-corrected chi connectivity index (χ0v) is 17.0. The standard InChI is InChI=1S/C22H21ClF6O/c1-2-20(9-3-4-10-20)16-11-17(23)19(18(12-16)30-13-21(24,25)26)14-5-7-15(8-6-14)22(27,28)29/h5-8,11-12H,2-4,9-10,13H2,1H3. The molecule has 0 radical (unpaired) electrons. The highest BCUT2D eigenvalue weighted by atomic mass is 35.5. The molecule has 1 aliphatic rings. The van der Waals surface area contributed by atoms with Crippen LogP contribution in [-0.4, -0.2) is 12.8 Å². The van der Waals surface area contributed by atoms with Gasteiger partial charge in [0.2, 0.25) is 0 Å². The Kier molecular flexibility index (Phi) is 6.33. The van der Waals surface area contributed by atoms with Crippen molar-refractivity contribution >= 4 is 11.6 Å². The number of rotatable bonds is 5. The number of hydrogen-bond acceptors (Lipinski definition) is 1. The Hall–Kier alpha value is -1.89. The molecule has 1 aliphatic carbocycles. The summed E-state index contributed by atoms with van der Waals surface area (Å²) >= 11 is 6.46. The lowest BCUT2D eigenvalue weighted by atomic mass is 9.76. The van der Waals surface area contributed by atoms with Gasteiger partial charge in [-0.2, -0.15) is 26.3 Å². The fraction of sp³-hybridized carbons (Fsp3) is 0.455. The van der Waals surface area contributed by atoms with Crippen LogP contribution in [0.2, 0.25) is 5.02 Å². The van der Waals surface area contributed by atoms with Gasteiger partial charge in [-0.1, -0.05) is 43.5 Å². The minimum Gasteiger partial charge on any atom is -0.483 e. The van der Waals surface area contributed by atoms with E-state index >= 15 is 0 Å². The van der Waals surface area contributed by atoms with Gasteiger partial charge < -0.3 is 4.74 Å². The highest BCUT2D eigenvalue weighted by Crippen LogP contribution is 2.48. The first kappa shape index (κ1) is 22.8. The molecule has 0 N–H and O–H groups in total. The third-order valence-electron chi connectivity index (χ3n) is 5.80. The predicted molar refractivity (Wildman–Crippen MR) is 104 cm³/mol. The van der Waals surface area contributed by atoms with E-state index in [0.29, 0.717) is 0 Å². The van der Waals surface area contributed by atoms with E-state index in [1.807, 2.05) is 6.92 Å². The van der Waals surface area contributed by atoms with Gasteiger partial charge in [0, 0.05) is 5.56 Å². The molecule has 0 spiro atoms. The maximum Gasteiger partial charge on any atom is 0.422 e. The van der Waals surface area contributed by atoms with Crippen LogP contribution >= 0.6 is 11.6 Å². The molecule has 0 amide bonds. The fourth-order valence-corrected chi connectivity index (χ4v) is 4.49. The minimum absolute atomic E-state index is 0.0747. The average molecular weight is 451 g/mol. The lowest BCUT2D eigenvalue weighted by molar-refractivity contribution is -0.153. The van der Waals surface area contributed by atoms with Crippen molar-refractivity contribution in [3.05, 3.63) is 52.5 Å². The maximum absolute atomic E-state index is 12.9. The zero-order valence-electron chi connectivity index (χ0n) is 16.3. The van der Waals surface area contributed by atoms with Crippen molar-refractivity contribution in [2.24, 2.45) is 0 Å². The van der Waals surface area contributed by atoms with Gasteiger partial charge in [0.25, 0.3) is 0 Å². The average Bonchev–Trinajstić information content (AvgIpc) is 3.15. The summed E-state index contributed by atoms with van der Waals surface area (Å²) < 4.78 is 82.1. The quantitative estimate of drug-likeness (QED) is 0.417. The van der Waals surface area contributed by atoms with Crippen LogP contribution in [0.1, 0.15) is 50.2 Å². The van der Waals surface area contributed by atoms with Crippen LogP contribution in [0.5, 0.6) is 5.75 Å². The predicted octanol–water partition coefficient (Wildman–Crippen LogP) is 8.19. The summed E-state index contributed by atoms with van der Waals surface area (Å²) in [5.74, 6) is -0.0747. The lowest BCUT2D eigenvalue weighted by Gasteiger charge is -2.30. The van der Waals surface area contributed by atoms with E-state index in [2.05, 4.69) is 0 Å². The molecule has 2 aromatic carbocycles. The second-order valence-corrected chi connectivity index (χ2v) is 8.06. The van der Waals surface area contributed by atoms with Crippen molar-refractivity contribution in [2.45, 2.75) is 56.8 Å². The molecule has 0 atom stereocenters. The molecule has 0 unspecified atom stereocenters. The molecule has 164 valence electrons. The summed E-state index contributed by atoms with van der Waals surface area (Å²) in [6.45, 7) is 0.513. The Labute approximate surface area is 176 Å². The summed E-state index contributed by atoms with van der Waals surface area (Å²) in [5.41, 5.74) is 0.183. The van der Waals surface area contributed by atoms with Gasteiger partial charge in [-0.05, 0) is 60.1 Å². The Morgan fingerprint density at radius 2 is 1.57 bits per heavy atom. The van der Waals surface area contributed by atoms with Crippen molar-refractivity contribution < 1.29 is 31.1 Å². The van der Waals surface area contributed by atoms with E-state index in [0.717, 1.165) is 49.8 Å².